The maximum absolute atomic E-state index is 12.3. The van der Waals surface area contributed by atoms with Crippen LogP contribution in [0.1, 0.15) is 32.8 Å². The smallest absolute Gasteiger partial charge is 0.413 e. The molecule has 4 rings (SSSR count). The van der Waals surface area contributed by atoms with Crippen molar-refractivity contribution in [1.29, 1.82) is 0 Å². The van der Waals surface area contributed by atoms with Crippen LogP contribution in [0.25, 0.3) is 0 Å². The first-order valence-corrected chi connectivity index (χ1v) is 13.1. The molecule has 212 valence electrons. The first kappa shape index (κ1) is 28.7. The summed E-state index contributed by atoms with van der Waals surface area (Å²) < 4.78 is 16.3. The Kier molecular flexibility index (Phi) is 8.79. The van der Waals surface area contributed by atoms with E-state index in [1.165, 1.54) is 0 Å². The molecule has 0 spiro atoms. The number of aliphatic hydroxyl groups excluding tert-OH is 1. The Balaban J connectivity index is 1.68. The second kappa shape index (κ2) is 12.3. The number of nitrogens with one attached hydrogen (secondary N) is 1. The average Bonchev–Trinajstić information content (AvgIpc) is 2.91. The van der Waals surface area contributed by atoms with E-state index in [1.54, 1.807) is 26.5 Å². The first-order chi connectivity index (χ1) is 19.1. The fraction of sp³-hybridized carbons (Fsp3) is 0.367. The summed E-state index contributed by atoms with van der Waals surface area (Å²) >= 11 is 0. The summed E-state index contributed by atoms with van der Waals surface area (Å²) in [6, 6.07) is 15.5. The van der Waals surface area contributed by atoms with Crippen LogP contribution in [0.3, 0.4) is 0 Å². The molecule has 2 N–H and O–H groups in total. The lowest BCUT2D eigenvalue weighted by atomic mass is 10.1. The third kappa shape index (κ3) is 7.01. The quantitative estimate of drug-likeness (QED) is 0.360. The zero-order valence-electron chi connectivity index (χ0n) is 23.9. The fourth-order valence-electron chi connectivity index (χ4n) is 4.41. The number of aliphatic hydroxyl groups is 1. The van der Waals surface area contributed by atoms with Gasteiger partial charge >= 0.3 is 6.09 Å². The van der Waals surface area contributed by atoms with E-state index in [0.717, 1.165) is 34.0 Å². The number of methoxy groups -OCH3 is 2. The second-order valence-electron chi connectivity index (χ2n) is 10.4. The molecular formula is C30H37N5O5. The van der Waals surface area contributed by atoms with E-state index in [9.17, 15) is 9.90 Å². The van der Waals surface area contributed by atoms with Gasteiger partial charge in [0.15, 0.2) is 0 Å². The number of hydrogen-bond donors (Lipinski definition) is 2. The Morgan fingerprint density at radius 2 is 1.77 bits per heavy atom. The van der Waals surface area contributed by atoms with Crippen molar-refractivity contribution in [2.45, 2.75) is 32.8 Å². The summed E-state index contributed by atoms with van der Waals surface area (Å²) in [5.41, 5.74) is 4.68. The first-order valence-electron chi connectivity index (χ1n) is 13.1. The van der Waals surface area contributed by atoms with Gasteiger partial charge in [-0.05, 0) is 57.5 Å². The molecule has 0 radical (unpaired) electrons. The number of nitrogens with zero attached hydrogens (tertiary/aromatic N) is 4. The summed E-state index contributed by atoms with van der Waals surface area (Å²) in [6.45, 7) is 6.67. The normalized spacial score (nSPS) is 12.8. The van der Waals surface area contributed by atoms with Crippen molar-refractivity contribution in [1.82, 2.24) is 4.98 Å². The van der Waals surface area contributed by atoms with Crippen LogP contribution in [0.4, 0.5) is 33.4 Å². The molecule has 1 aliphatic rings. The van der Waals surface area contributed by atoms with Gasteiger partial charge in [0.05, 0.1) is 37.9 Å². The SMILES string of the molecule is COc1cc(OC)cc(N(CCCO)c2ccc3c(c2)N=C(c2ccnc(NC(=O)OC(C)(C)C)c2)CN3C)c1. The highest BCUT2D eigenvalue weighted by Crippen LogP contribution is 2.39. The minimum absolute atomic E-state index is 0.0648. The van der Waals surface area contributed by atoms with Crippen molar-refractivity contribution in [3.63, 3.8) is 0 Å². The summed E-state index contributed by atoms with van der Waals surface area (Å²) in [4.78, 5) is 25.8. The molecule has 3 aromatic rings. The van der Waals surface area contributed by atoms with Gasteiger partial charge in [-0.15, -0.1) is 0 Å². The van der Waals surface area contributed by atoms with E-state index in [-0.39, 0.29) is 6.61 Å². The third-order valence-electron chi connectivity index (χ3n) is 6.23. The maximum Gasteiger partial charge on any atom is 0.413 e. The summed E-state index contributed by atoms with van der Waals surface area (Å²) in [7, 11) is 5.26. The molecule has 40 heavy (non-hydrogen) atoms. The van der Waals surface area contributed by atoms with E-state index < -0.39 is 11.7 Å². The molecule has 2 heterocycles. The third-order valence-corrected chi connectivity index (χ3v) is 6.23. The molecule has 0 saturated carbocycles. The number of anilines is 4. The monoisotopic (exact) mass is 547 g/mol. The van der Waals surface area contributed by atoms with Crippen LogP contribution in [-0.4, -0.2) is 68.5 Å². The summed E-state index contributed by atoms with van der Waals surface area (Å²) in [5, 5.41) is 12.3. The number of pyridine rings is 1. The number of rotatable bonds is 9. The molecule has 1 amide bonds. The van der Waals surface area contributed by atoms with Gasteiger partial charge in [0.25, 0.3) is 0 Å². The molecule has 0 fully saturated rings. The van der Waals surface area contributed by atoms with Gasteiger partial charge in [-0.3, -0.25) is 5.32 Å². The Hall–Kier alpha value is -4.31. The molecule has 1 aliphatic heterocycles. The van der Waals surface area contributed by atoms with Gasteiger partial charge in [0.2, 0.25) is 0 Å². The summed E-state index contributed by atoms with van der Waals surface area (Å²) in [5.74, 6) is 1.74. The molecule has 0 atom stereocenters. The molecule has 10 nitrogen and oxygen atoms in total. The number of aliphatic imine (C=N–C) groups is 1. The molecular weight excluding hydrogens is 510 g/mol. The fourth-order valence-corrected chi connectivity index (χ4v) is 4.41. The highest BCUT2D eigenvalue weighted by Gasteiger charge is 2.22. The van der Waals surface area contributed by atoms with E-state index in [4.69, 9.17) is 19.2 Å². The number of fused-ring (bicyclic) bond motifs is 1. The van der Waals surface area contributed by atoms with Gasteiger partial charge in [0, 0.05) is 61.5 Å². The number of aromatic nitrogens is 1. The molecule has 0 aliphatic carbocycles. The van der Waals surface area contributed by atoms with Crippen molar-refractivity contribution in [3.8, 4) is 11.5 Å². The zero-order chi connectivity index (χ0) is 28.9. The predicted molar refractivity (Wildman–Crippen MR) is 158 cm³/mol. The van der Waals surface area contributed by atoms with Crippen LogP contribution in [0, 0.1) is 0 Å². The number of carbonyl (C=O) groups is 1. The van der Waals surface area contributed by atoms with Gasteiger partial charge in [-0.2, -0.15) is 0 Å². The zero-order valence-corrected chi connectivity index (χ0v) is 23.9. The van der Waals surface area contributed by atoms with Crippen LogP contribution >= 0.6 is 0 Å². The molecule has 0 unspecified atom stereocenters. The van der Waals surface area contributed by atoms with Crippen molar-refractivity contribution in [2.24, 2.45) is 4.99 Å². The highest BCUT2D eigenvalue weighted by atomic mass is 16.6. The lowest BCUT2D eigenvalue weighted by Gasteiger charge is -2.30. The van der Waals surface area contributed by atoms with Gasteiger partial charge in [-0.25, -0.2) is 14.8 Å². The maximum atomic E-state index is 12.3. The van der Waals surface area contributed by atoms with E-state index in [2.05, 4.69) is 32.2 Å². The highest BCUT2D eigenvalue weighted by molar-refractivity contribution is 6.08. The van der Waals surface area contributed by atoms with E-state index >= 15 is 0 Å². The van der Waals surface area contributed by atoms with Crippen LogP contribution in [0.5, 0.6) is 11.5 Å². The lowest BCUT2D eigenvalue weighted by Crippen LogP contribution is -2.30. The number of carbonyl (C=O) groups excluding carboxylic acids is 1. The molecule has 10 heteroatoms. The van der Waals surface area contributed by atoms with E-state index in [1.807, 2.05) is 58.2 Å². The van der Waals surface area contributed by atoms with Crippen molar-refractivity contribution < 1.29 is 24.1 Å². The minimum atomic E-state index is -0.611. The minimum Gasteiger partial charge on any atom is -0.497 e. The van der Waals surface area contributed by atoms with Gasteiger partial charge in [-0.1, -0.05) is 0 Å². The lowest BCUT2D eigenvalue weighted by molar-refractivity contribution is 0.0635. The Morgan fingerprint density at radius 1 is 1.05 bits per heavy atom. The second-order valence-corrected chi connectivity index (χ2v) is 10.4. The average molecular weight is 548 g/mol. The summed E-state index contributed by atoms with van der Waals surface area (Å²) in [6.07, 6.45) is 1.66. The van der Waals surface area contributed by atoms with Crippen LogP contribution in [0.15, 0.2) is 59.7 Å². The van der Waals surface area contributed by atoms with Crippen molar-refractivity contribution in [2.75, 3.05) is 56.1 Å². The molecule has 1 aromatic heterocycles. The molecule has 0 bridgehead atoms. The largest absolute Gasteiger partial charge is 0.497 e. The molecule has 2 aromatic carbocycles. The van der Waals surface area contributed by atoms with Crippen molar-refractivity contribution >= 4 is 40.4 Å². The predicted octanol–water partition coefficient (Wildman–Crippen LogP) is 5.54. The standard InChI is InChI=1S/C30H37N5O5/c1-30(2,3)40-29(37)33-28-14-20(10-11-31-28)26-19-34(4)27-9-8-21(17-25(27)32-26)35(12-7-13-36)22-15-23(38-5)18-24(16-22)39-6/h8-11,14-18,36H,7,12-13,19H2,1-6H3,(H,31,33,37). The van der Waals surface area contributed by atoms with E-state index in [0.29, 0.717) is 36.8 Å². The topological polar surface area (TPSA) is 109 Å². The number of likely N-dealkylation sites (N-methyl/N-ethyl adjacent to an activating group) is 1. The Bertz CT molecular complexity index is 1360. The Morgan fingerprint density at radius 3 is 2.42 bits per heavy atom. The van der Waals surface area contributed by atoms with Crippen molar-refractivity contribution in [3.05, 3.63) is 60.3 Å². The number of hydrogen-bond acceptors (Lipinski definition) is 9. The van der Waals surface area contributed by atoms with Crippen LogP contribution < -0.4 is 24.6 Å². The number of ether oxygens (including phenoxy) is 3. The number of amides is 1. The number of benzene rings is 2. The van der Waals surface area contributed by atoms with Crippen LogP contribution in [-0.2, 0) is 4.74 Å². The molecule has 0 saturated heterocycles. The van der Waals surface area contributed by atoms with Gasteiger partial charge in [0.1, 0.15) is 22.9 Å². The van der Waals surface area contributed by atoms with Crippen LogP contribution in [0.2, 0.25) is 0 Å². The Labute approximate surface area is 235 Å². The van der Waals surface area contributed by atoms with Gasteiger partial charge < -0.3 is 29.1 Å².